The average Bonchev–Trinajstić information content (AvgIpc) is 2.70. The first-order valence-corrected chi connectivity index (χ1v) is 9.04. The Kier molecular flexibility index (Phi) is 6.19. The highest BCUT2D eigenvalue weighted by Gasteiger charge is 2.12. The maximum Gasteiger partial charge on any atom is 0.257 e. The highest BCUT2D eigenvalue weighted by molar-refractivity contribution is 6.36. The van der Waals surface area contributed by atoms with Crippen molar-refractivity contribution in [2.75, 3.05) is 17.7 Å². The monoisotopic (exact) mass is 414 g/mol. The van der Waals surface area contributed by atoms with Gasteiger partial charge in [0.25, 0.3) is 11.8 Å². The second kappa shape index (κ2) is 8.78. The lowest BCUT2D eigenvalue weighted by Gasteiger charge is -2.09. The number of carbonyl (C=O) groups excluding carboxylic acids is 2. The van der Waals surface area contributed by atoms with Gasteiger partial charge in [0.05, 0.1) is 17.7 Å². The summed E-state index contributed by atoms with van der Waals surface area (Å²) in [5.74, 6) is 0.0572. The summed E-state index contributed by atoms with van der Waals surface area (Å²) in [7, 11) is 1.58. The number of benzene rings is 3. The lowest BCUT2D eigenvalue weighted by Crippen LogP contribution is -2.14. The minimum Gasteiger partial charge on any atom is -0.497 e. The van der Waals surface area contributed by atoms with E-state index in [9.17, 15) is 9.59 Å². The van der Waals surface area contributed by atoms with Crippen molar-refractivity contribution in [3.8, 4) is 5.75 Å². The first-order valence-electron chi connectivity index (χ1n) is 8.28. The van der Waals surface area contributed by atoms with Crippen LogP contribution in [0.2, 0.25) is 10.0 Å². The Labute approximate surface area is 172 Å². The molecule has 0 aliphatic heterocycles. The molecule has 28 heavy (non-hydrogen) atoms. The lowest BCUT2D eigenvalue weighted by molar-refractivity contribution is 0.102. The van der Waals surface area contributed by atoms with Crippen molar-refractivity contribution in [2.45, 2.75) is 0 Å². The van der Waals surface area contributed by atoms with Gasteiger partial charge in [-0.25, -0.2) is 0 Å². The van der Waals surface area contributed by atoms with Crippen LogP contribution in [0.4, 0.5) is 11.4 Å². The Bertz CT molecular complexity index is 1000. The van der Waals surface area contributed by atoms with Gasteiger partial charge in [-0.1, -0.05) is 23.2 Å². The van der Waals surface area contributed by atoms with E-state index in [4.69, 9.17) is 27.9 Å². The molecule has 0 atom stereocenters. The summed E-state index contributed by atoms with van der Waals surface area (Å²) in [6.07, 6.45) is 0. The number of amides is 2. The minimum absolute atomic E-state index is 0.263. The Morgan fingerprint density at radius 2 is 1.36 bits per heavy atom. The van der Waals surface area contributed by atoms with Gasteiger partial charge in [0, 0.05) is 22.0 Å². The van der Waals surface area contributed by atoms with Gasteiger partial charge in [0.1, 0.15) is 5.75 Å². The zero-order valence-corrected chi connectivity index (χ0v) is 16.3. The molecule has 2 N–H and O–H groups in total. The van der Waals surface area contributed by atoms with Crippen LogP contribution in [0.15, 0.2) is 66.7 Å². The van der Waals surface area contributed by atoms with Crippen LogP contribution >= 0.6 is 23.2 Å². The number of halogens is 2. The van der Waals surface area contributed by atoms with Crippen LogP contribution in [0, 0.1) is 0 Å². The molecule has 0 fully saturated rings. The van der Waals surface area contributed by atoms with Crippen LogP contribution < -0.4 is 15.4 Å². The van der Waals surface area contributed by atoms with E-state index in [1.807, 2.05) is 0 Å². The molecule has 7 heteroatoms. The Morgan fingerprint density at radius 1 is 0.786 bits per heavy atom. The summed E-state index contributed by atoms with van der Waals surface area (Å²) in [6.45, 7) is 0. The fraction of sp³-hybridized carbons (Fsp3) is 0.0476. The lowest BCUT2D eigenvalue weighted by atomic mass is 10.1. The number of rotatable bonds is 5. The van der Waals surface area contributed by atoms with Gasteiger partial charge in [-0.05, 0) is 66.7 Å². The number of hydrogen-bond donors (Lipinski definition) is 2. The van der Waals surface area contributed by atoms with Gasteiger partial charge >= 0.3 is 0 Å². The molecule has 0 radical (unpaired) electrons. The zero-order valence-electron chi connectivity index (χ0n) is 14.8. The Balaban J connectivity index is 1.66. The van der Waals surface area contributed by atoms with Crippen molar-refractivity contribution in [3.05, 3.63) is 87.9 Å². The predicted molar refractivity (Wildman–Crippen MR) is 112 cm³/mol. The van der Waals surface area contributed by atoms with E-state index in [0.717, 1.165) is 0 Å². The molecule has 0 bridgehead atoms. The number of methoxy groups -OCH3 is 1. The molecular weight excluding hydrogens is 399 g/mol. The highest BCUT2D eigenvalue weighted by atomic mass is 35.5. The van der Waals surface area contributed by atoms with E-state index in [0.29, 0.717) is 32.7 Å². The first-order chi connectivity index (χ1) is 13.5. The highest BCUT2D eigenvalue weighted by Crippen LogP contribution is 2.22. The van der Waals surface area contributed by atoms with Crippen LogP contribution in [0.3, 0.4) is 0 Å². The molecule has 0 saturated heterocycles. The van der Waals surface area contributed by atoms with Gasteiger partial charge in [-0.15, -0.1) is 0 Å². The standard InChI is InChI=1S/C21H16Cl2N2O3/c1-28-17-9-7-16(8-10-17)24-20(26)13-2-5-15(6-3-13)25-21(27)18-12-14(22)4-11-19(18)23/h2-12H,1H3,(H,24,26)(H,25,27). The summed E-state index contributed by atoms with van der Waals surface area (Å²) in [4.78, 5) is 24.7. The van der Waals surface area contributed by atoms with Crippen LogP contribution in [0.1, 0.15) is 20.7 Å². The summed E-state index contributed by atoms with van der Waals surface area (Å²) in [5, 5.41) is 6.24. The summed E-state index contributed by atoms with van der Waals surface area (Å²) < 4.78 is 5.09. The number of anilines is 2. The zero-order chi connectivity index (χ0) is 20.1. The molecule has 0 heterocycles. The van der Waals surface area contributed by atoms with Crippen LogP contribution in [-0.2, 0) is 0 Å². The van der Waals surface area contributed by atoms with Crippen molar-refractivity contribution in [2.24, 2.45) is 0 Å². The quantitative estimate of drug-likeness (QED) is 0.578. The Hall–Kier alpha value is -3.02. The molecule has 0 aliphatic rings. The summed E-state index contributed by atoms with van der Waals surface area (Å²) in [5.41, 5.74) is 1.91. The maximum atomic E-state index is 12.4. The molecule has 142 valence electrons. The van der Waals surface area contributed by atoms with E-state index in [1.54, 1.807) is 67.8 Å². The minimum atomic E-state index is -0.386. The predicted octanol–water partition coefficient (Wildman–Crippen LogP) is 5.51. The van der Waals surface area contributed by atoms with Gasteiger partial charge in [-0.2, -0.15) is 0 Å². The number of carbonyl (C=O) groups is 2. The normalized spacial score (nSPS) is 10.2. The van der Waals surface area contributed by atoms with E-state index in [2.05, 4.69) is 10.6 Å². The van der Waals surface area contributed by atoms with E-state index < -0.39 is 0 Å². The smallest absolute Gasteiger partial charge is 0.257 e. The van der Waals surface area contributed by atoms with Crippen molar-refractivity contribution in [1.29, 1.82) is 0 Å². The maximum absolute atomic E-state index is 12.4. The third-order valence-corrected chi connectivity index (χ3v) is 4.49. The van der Waals surface area contributed by atoms with E-state index >= 15 is 0 Å². The van der Waals surface area contributed by atoms with Crippen molar-refractivity contribution in [1.82, 2.24) is 0 Å². The fourth-order valence-electron chi connectivity index (χ4n) is 2.45. The Morgan fingerprint density at radius 3 is 1.96 bits per heavy atom. The van der Waals surface area contributed by atoms with Gasteiger partial charge < -0.3 is 15.4 Å². The summed E-state index contributed by atoms with van der Waals surface area (Å²) in [6, 6.07) is 18.2. The molecule has 3 rings (SSSR count). The molecule has 0 aromatic heterocycles. The molecule has 0 spiro atoms. The SMILES string of the molecule is COc1ccc(NC(=O)c2ccc(NC(=O)c3cc(Cl)ccc3Cl)cc2)cc1. The molecule has 3 aromatic carbocycles. The second-order valence-corrected chi connectivity index (χ2v) is 6.68. The van der Waals surface area contributed by atoms with Crippen LogP contribution in [-0.4, -0.2) is 18.9 Å². The second-order valence-electron chi connectivity index (χ2n) is 5.84. The molecule has 3 aromatic rings. The van der Waals surface area contributed by atoms with E-state index in [-0.39, 0.29) is 17.4 Å². The molecule has 0 saturated carbocycles. The van der Waals surface area contributed by atoms with Crippen molar-refractivity contribution in [3.63, 3.8) is 0 Å². The molecular formula is C21H16Cl2N2O3. The third kappa shape index (κ3) is 4.82. The number of ether oxygens (including phenoxy) is 1. The van der Waals surface area contributed by atoms with Gasteiger partial charge in [0.2, 0.25) is 0 Å². The molecule has 2 amide bonds. The van der Waals surface area contributed by atoms with Crippen LogP contribution in [0.25, 0.3) is 0 Å². The van der Waals surface area contributed by atoms with Gasteiger partial charge in [0.15, 0.2) is 0 Å². The van der Waals surface area contributed by atoms with Crippen molar-refractivity contribution < 1.29 is 14.3 Å². The number of hydrogen-bond acceptors (Lipinski definition) is 3. The third-order valence-electron chi connectivity index (χ3n) is 3.93. The average molecular weight is 415 g/mol. The van der Waals surface area contributed by atoms with Gasteiger partial charge in [-0.3, -0.25) is 9.59 Å². The largest absolute Gasteiger partial charge is 0.497 e. The first kappa shape index (κ1) is 19.7. The molecule has 5 nitrogen and oxygen atoms in total. The van der Waals surface area contributed by atoms with Crippen molar-refractivity contribution >= 4 is 46.4 Å². The fourth-order valence-corrected chi connectivity index (χ4v) is 2.83. The van der Waals surface area contributed by atoms with Crippen LogP contribution in [0.5, 0.6) is 5.75 Å². The summed E-state index contributed by atoms with van der Waals surface area (Å²) >= 11 is 12.0. The van der Waals surface area contributed by atoms with E-state index in [1.165, 1.54) is 6.07 Å². The topological polar surface area (TPSA) is 67.4 Å². The molecule has 0 aliphatic carbocycles. The number of nitrogens with one attached hydrogen (secondary N) is 2. The molecule has 0 unspecified atom stereocenters.